The van der Waals surface area contributed by atoms with Gasteiger partial charge in [0, 0.05) is 26.4 Å². The van der Waals surface area contributed by atoms with Crippen molar-refractivity contribution in [1.29, 1.82) is 0 Å². The van der Waals surface area contributed by atoms with Crippen molar-refractivity contribution in [3.8, 4) is 5.75 Å². The smallest absolute Gasteiger partial charge is 0.119 e. The first-order valence-electron chi connectivity index (χ1n) is 11.1. The molecule has 4 rings (SSSR count). The van der Waals surface area contributed by atoms with Crippen LogP contribution in [0, 0.1) is 0 Å². The molecule has 0 amide bonds. The number of ether oxygens (including phenoxy) is 1. The Morgan fingerprint density at radius 2 is 1.21 bits per heavy atom. The van der Waals surface area contributed by atoms with Crippen LogP contribution in [0.4, 0.5) is 0 Å². The fraction of sp³-hybridized carbons (Fsp3) is 0.172. The van der Waals surface area contributed by atoms with E-state index in [4.69, 9.17) is 4.74 Å². The standard InChI is InChI=1S/C29H28O2S2/c30-22-29(33-27-9-5-2-6-10-27)21-24-11-15-25(16-12-24)31-20-19-23-13-17-28(18-14-23)32-26-7-3-1-4-8-26/h1-18,29-30H,19-22H2. The summed E-state index contributed by atoms with van der Waals surface area (Å²) in [6.45, 7) is 0.800. The van der Waals surface area contributed by atoms with Gasteiger partial charge >= 0.3 is 0 Å². The molecule has 0 saturated heterocycles. The van der Waals surface area contributed by atoms with Gasteiger partial charge in [0.25, 0.3) is 0 Å². The highest BCUT2D eigenvalue weighted by atomic mass is 32.2. The second kappa shape index (κ2) is 12.5. The number of rotatable bonds is 11. The van der Waals surface area contributed by atoms with E-state index < -0.39 is 0 Å². The zero-order valence-corrected chi connectivity index (χ0v) is 20.1. The molecule has 0 aliphatic rings. The minimum Gasteiger partial charge on any atom is -0.493 e. The average molecular weight is 473 g/mol. The molecule has 4 aromatic rings. The zero-order valence-electron chi connectivity index (χ0n) is 18.5. The number of thioether (sulfide) groups is 1. The Labute approximate surface area is 205 Å². The van der Waals surface area contributed by atoms with Crippen molar-refractivity contribution < 1.29 is 9.84 Å². The fourth-order valence-corrected chi connectivity index (χ4v) is 5.34. The normalized spacial score (nSPS) is 11.8. The third-order valence-electron chi connectivity index (χ3n) is 5.20. The first-order chi connectivity index (χ1) is 16.3. The van der Waals surface area contributed by atoms with Crippen LogP contribution in [0.25, 0.3) is 0 Å². The SMILES string of the molecule is OCC(Cc1ccc(OCCc2ccc(Sc3ccccc3)cc2)cc1)Sc1ccccc1. The zero-order chi connectivity index (χ0) is 22.7. The van der Waals surface area contributed by atoms with Gasteiger partial charge in [-0.1, -0.05) is 72.4 Å². The summed E-state index contributed by atoms with van der Waals surface area (Å²) in [5.74, 6) is 0.881. The van der Waals surface area contributed by atoms with E-state index in [-0.39, 0.29) is 11.9 Å². The Morgan fingerprint density at radius 3 is 1.85 bits per heavy atom. The largest absolute Gasteiger partial charge is 0.493 e. The van der Waals surface area contributed by atoms with E-state index >= 15 is 0 Å². The monoisotopic (exact) mass is 472 g/mol. The summed E-state index contributed by atoms with van der Waals surface area (Å²) in [5.41, 5.74) is 2.48. The molecule has 0 heterocycles. The lowest BCUT2D eigenvalue weighted by Crippen LogP contribution is -2.12. The third kappa shape index (κ3) is 7.71. The van der Waals surface area contributed by atoms with Gasteiger partial charge < -0.3 is 9.84 Å². The molecule has 1 atom stereocenters. The minimum atomic E-state index is 0.141. The quantitative estimate of drug-likeness (QED) is 0.235. The van der Waals surface area contributed by atoms with E-state index in [1.165, 1.54) is 25.8 Å². The van der Waals surface area contributed by atoms with Crippen molar-refractivity contribution in [3.05, 3.63) is 120 Å². The van der Waals surface area contributed by atoms with Crippen LogP contribution in [0.2, 0.25) is 0 Å². The number of hydrogen-bond donors (Lipinski definition) is 1. The van der Waals surface area contributed by atoms with Gasteiger partial charge in [-0.2, -0.15) is 0 Å². The molecule has 1 unspecified atom stereocenters. The third-order valence-corrected chi connectivity index (χ3v) is 7.41. The molecule has 0 aromatic heterocycles. The van der Waals surface area contributed by atoms with Gasteiger partial charge in [-0.15, -0.1) is 11.8 Å². The maximum Gasteiger partial charge on any atom is 0.119 e. The van der Waals surface area contributed by atoms with E-state index in [9.17, 15) is 5.11 Å². The Kier molecular flexibility index (Phi) is 8.93. The summed E-state index contributed by atoms with van der Waals surface area (Å²) in [6, 6.07) is 37.6. The number of aliphatic hydroxyl groups excluding tert-OH is 1. The molecule has 1 N–H and O–H groups in total. The van der Waals surface area contributed by atoms with Crippen LogP contribution in [0.3, 0.4) is 0 Å². The van der Waals surface area contributed by atoms with Gasteiger partial charge in [-0.3, -0.25) is 0 Å². The molecule has 0 bridgehead atoms. The minimum absolute atomic E-state index is 0.141. The molecular weight excluding hydrogens is 444 g/mol. The molecule has 168 valence electrons. The van der Waals surface area contributed by atoms with Crippen LogP contribution < -0.4 is 4.74 Å². The van der Waals surface area contributed by atoms with Crippen LogP contribution >= 0.6 is 23.5 Å². The Morgan fingerprint density at radius 1 is 0.636 bits per heavy atom. The van der Waals surface area contributed by atoms with Gasteiger partial charge in [0.05, 0.1) is 13.2 Å². The van der Waals surface area contributed by atoms with Gasteiger partial charge in [0.15, 0.2) is 0 Å². The fourth-order valence-electron chi connectivity index (χ4n) is 3.46. The van der Waals surface area contributed by atoms with E-state index in [1.54, 1.807) is 23.5 Å². The topological polar surface area (TPSA) is 29.5 Å². The second-order valence-electron chi connectivity index (χ2n) is 7.74. The highest BCUT2D eigenvalue weighted by molar-refractivity contribution is 8.00. The maximum absolute atomic E-state index is 9.77. The second-order valence-corrected chi connectivity index (χ2v) is 10.3. The van der Waals surface area contributed by atoms with Gasteiger partial charge in [0.2, 0.25) is 0 Å². The number of benzene rings is 4. The molecule has 33 heavy (non-hydrogen) atoms. The van der Waals surface area contributed by atoms with Crippen LogP contribution in [0.15, 0.2) is 124 Å². The number of hydrogen-bond acceptors (Lipinski definition) is 4. The van der Waals surface area contributed by atoms with Crippen LogP contribution in [0.1, 0.15) is 11.1 Å². The summed E-state index contributed by atoms with van der Waals surface area (Å²) in [6.07, 6.45) is 1.70. The van der Waals surface area contributed by atoms with Crippen molar-refractivity contribution in [2.24, 2.45) is 0 Å². The van der Waals surface area contributed by atoms with E-state index in [0.29, 0.717) is 6.61 Å². The van der Waals surface area contributed by atoms with Crippen molar-refractivity contribution in [2.75, 3.05) is 13.2 Å². The lowest BCUT2D eigenvalue weighted by atomic mass is 10.1. The molecule has 0 aliphatic heterocycles. The maximum atomic E-state index is 9.77. The molecular formula is C29H28O2S2. The van der Waals surface area contributed by atoms with E-state index in [2.05, 4.69) is 72.8 Å². The van der Waals surface area contributed by atoms with E-state index in [0.717, 1.165) is 18.6 Å². The molecule has 0 aliphatic carbocycles. The van der Waals surface area contributed by atoms with Crippen molar-refractivity contribution >= 4 is 23.5 Å². The Balaban J connectivity index is 1.22. The molecule has 0 fully saturated rings. The summed E-state index contributed by atoms with van der Waals surface area (Å²) >= 11 is 3.49. The van der Waals surface area contributed by atoms with Crippen LogP contribution in [0.5, 0.6) is 5.75 Å². The van der Waals surface area contributed by atoms with Crippen LogP contribution in [-0.4, -0.2) is 23.6 Å². The summed E-state index contributed by atoms with van der Waals surface area (Å²) in [7, 11) is 0. The molecule has 0 radical (unpaired) electrons. The van der Waals surface area contributed by atoms with Gasteiger partial charge in [0.1, 0.15) is 5.75 Å². The van der Waals surface area contributed by atoms with Crippen molar-refractivity contribution in [1.82, 2.24) is 0 Å². The van der Waals surface area contributed by atoms with Crippen LogP contribution in [-0.2, 0) is 12.8 Å². The average Bonchev–Trinajstić information content (AvgIpc) is 2.87. The molecule has 4 heteroatoms. The van der Waals surface area contributed by atoms with Gasteiger partial charge in [-0.25, -0.2) is 0 Å². The highest BCUT2D eigenvalue weighted by Crippen LogP contribution is 2.28. The van der Waals surface area contributed by atoms with E-state index in [1.807, 2.05) is 36.4 Å². The molecule has 0 saturated carbocycles. The predicted octanol–water partition coefficient (Wildman–Crippen LogP) is 7.16. The predicted molar refractivity (Wildman–Crippen MR) is 140 cm³/mol. The highest BCUT2D eigenvalue weighted by Gasteiger charge is 2.10. The Hall–Kier alpha value is -2.66. The first-order valence-corrected chi connectivity index (χ1v) is 12.8. The first kappa shape index (κ1) is 23.5. The molecule has 2 nitrogen and oxygen atoms in total. The van der Waals surface area contributed by atoms with Crippen molar-refractivity contribution in [2.45, 2.75) is 32.8 Å². The summed E-state index contributed by atoms with van der Waals surface area (Å²) in [4.78, 5) is 3.68. The summed E-state index contributed by atoms with van der Waals surface area (Å²) in [5, 5.41) is 9.91. The number of aliphatic hydroxyl groups is 1. The summed E-state index contributed by atoms with van der Waals surface area (Å²) < 4.78 is 5.96. The van der Waals surface area contributed by atoms with Gasteiger partial charge in [-0.05, 0) is 66.1 Å². The molecule has 4 aromatic carbocycles. The lowest BCUT2D eigenvalue weighted by molar-refractivity contribution is 0.294. The molecule has 0 spiro atoms. The Bertz CT molecular complexity index is 1080. The van der Waals surface area contributed by atoms with Crippen molar-refractivity contribution in [3.63, 3.8) is 0 Å². The lowest BCUT2D eigenvalue weighted by Gasteiger charge is -2.14.